The van der Waals surface area contributed by atoms with E-state index < -0.39 is 17.0 Å². The number of carbonyl (C=O) groups is 1. The zero-order valence-electron chi connectivity index (χ0n) is 13.0. The van der Waals surface area contributed by atoms with Gasteiger partial charge in [0.2, 0.25) is 0 Å². The molecule has 6 nitrogen and oxygen atoms in total. The van der Waals surface area contributed by atoms with Crippen LogP contribution < -0.4 is 0 Å². The van der Waals surface area contributed by atoms with E-state index in [9.17, 15) is 4.79 Å². The molecule has 0 aliphatic heterocycles. The van der Waals surface area contributed by atoms with Crippen LogP contribution in [0.3, 0.4) is 0 Å². The summed E-state index contributed by atoms with van der Waals surface area (Å²) < 4.78 is 5.53. The molecule has 1 unspecified atom stereocenters. The van der Waals surface area contributed by atoms with Crippen molar-refractivity contribution >= 4 is 5.97 Å². The summed E-state index contributed by atoms with van der Waals surface area (Å²) in [6, 6.07) is 7.01. The quantitative estimate of drug-likeness (QED) is 0.878. The first-order valence-electron chi connectivity index (χ1n) is 6.88. The second kappa shape index (κ2) is 5.60. The number of esters is 1. The fourth-order valence-electron chi connectivity index (χ4n) is 2.01. The molecular weight excluding hydrogens is 280 g/mol. The third-order valence-corrected chi connectivity index (χ3v) is 3.16. The van der Waals surface area contributed by atoms with Gasteiger partial charge in [0.05, 0.1) is 0 Å². The van der Waals surface area contributed by atoms with Gasteiger partial charge < -0.3 is 9.72 Å². The van der Waals surface area contributed by atoms with Gasteiger partial charge in [-0.15, -0.1) is 0 Å². The number of aromatic nitrogens is 3. The Balaban J connectivity index is 2.56. The van der Waals surface area contributed by atoms with E-state index >= 15 is 0 Å². The second-order valence-corrected chi connectivity index (χ2v) is 6.09. The number of nitriles is 1. The largest absolute Gasteiger partial charge is 0.459 e. The minimum Gasteiger partial charge on any atom is -0.459 e. The van der Waals surface area contributed by atoms with Crippen LogP contribution in [0.25, 0.3) is 0 Å². The minimum absolute atomic E-state index is 0.200. The molecule has 1 N–H and O–H groups in total. The Kier molecular flexibility index (Phi) is 4.00. The maximum Gasteiger partial charge on any atom is 0.326 e. The molecule has 0 saturated heterocycles. The summed E-state index contributed by atoms with van der Waals surface area (Å²) in [4.78, 5) is 24.2. The Morgan fingerprint density at radius 2 is 2.05 bits per heavy atom. The summed E-state index contributed by atoms with van der Waals surface area (Å²) in [5, 5.41) is 9.02. The average Bonchev–Trinajstić information content (AvgIpc) is 2.99. The molecule has 0 aliphatic rings. The van der Waals surface area contributed by atoms with Gasteiger partial charge in [0.25, 0.3) is 0 Å². The van der Waals surface area contributed by atoms with Crippen molar-refractivity contribution in [1.82, 2.24) is 15.0 Å². The molecule has 22 heavy (non-hydrogen) atoms. The molecule has 114 valence electrons. The topological polar surface area (TPSA) is 91.7 Å². The van der Waals surface area contributed by atoms with E-state index in [1.165, 1.54) is 12.3 Å². The summed E-state index contributed by atoms with van der Waals surface area (Å²) in [5.74, 6) is -0.249. The molecule has 2 aromatic rings. The Morgan fingerprint density at radius 3 is 2.59 bits per heavy atom. The molecule has 6 heteroatoms. The average molecular weight is 298 g/mol. The molecule has 0 amide bonds. The summed E-state index contributed by atoms with van der Waals surface area (Å²) in [6.45, 7) is 7.08. The maximum atomic E-state index is 12.8. The predicted molar refractivity (Wildman–Crippen MR) is 79.8 cm³/mol. The van der Waals surface area contributed by atoms with E-state index in [1.807, 2.05) is 6.07 Å². The summed E-state index contributed by atoms with van der Waals surface area (Å²) in [6.07, 6.45) is 3.18. The van der Waals surface area contributed by atoms with Crippen LogP contribution in [0.15, 0.2) is 30.6 Å². The molecule has 0 fully saturated rings. The van der Waals surface area contributed by atoms with Gasteiger partial charge in [-0.3, -0.25) is 4.79 Å². The van der Waals surface area contributed by atoms with Gasteiger partial charge in [0, 0.05) is 18.1 Å². The van der Waals surface area contributed by atoms with Gasteiger partial charge in [-0.1, -0.05) is 0 Å². The normalized spacial score (nSPS) is 14.0. The van der Waals surface area contributed by atoms with E-state index in [0.29, 0.717) is 5.69 Å². The molecule has 0 saturated carbocycles. The number of aromatic amines is 1. The SMILES string of the molecule is CC(C)(C)OC(=O)C(C)(c1nccc(C#N)n1)c1ccc[nH]1. The minimum atomic E-state index is -1.22. The molecule has 0 spiro atoms. The third-order valence-electron chi connectivity index (χ3n) is 3.16. The van der Waals surface area contributed by atoms with Crippen LogP contribution in [0.2, 0.25) is 0 Å². The van der Waals surface area contributed by atoms with Crippen LogP contribution in [-0.4, -0.2) is 26.5 Å². The van der Waals surface area contributed by atoms with Gasteiger partial charge in [0.1, 0.15) is 17.4 Å². The second-order valence-electron chi connectivity index (χ2n) is 6.09. The molecule has 0 bridgehead atoms. The van der Waals surface area contributed by atoms with Crippen LogP contribution in [0.5, 0.6) is 0 Å². The third kappa shape index (κ3) is 2.98. The predicted octanol–water partition coefficient (Wildman–Crippen LogP) is 2.32. The molecule has 2 rings (SSSR count). The van der Waals surface area contributed by atoms with Crippen LogP contribution in [-0.2, 0) is 14.9 Å². The Hall–Kier alpha value is -2.68. The molecule has 2 heterocycles. The molecule has 0 radical (unpaired) electrons. The van der Waals surface area contributed by atoms with E-state index in [0.717, 1.165) is 0 Å². The number of hydrogen-bond donors (Lipinski definition) is 1. The van der Waals surface area contributed by atoms with Gasteiger partial charge in [-0.2, -0.15) is 5.26 Å². The van der Waals surface area contributed by atoms with Crippen molar-refractivity contribution in [3.8, 4) is 6.07 Å². The zero-order chi connectivity index (χ0) is 16.4. The van der Waals surface area contributed by atoms with Gasteiger partial charge in [0.15, 0.2) is 11.2 Å². The number of nitrogens with zero attached hydrogens (tertiary/aromatic N) is 3. The first-order valence-corrected chi connectivity index (χ1v) is 6.88. The van der Waals surface area contributed by atoms with E-state index in [-0.39, 0.29) is 11.5 Å². The summed E-state index contributed by atoms with van der Waals surface area (Å²) >= 11 is 0. The Labute approximate surface area is 129 Å². The van der Waals surface area contributed by atoms with Crippen LogP contribution in [0.4, 0.5) is 0 Å². The molecule has 1 atom stereocenters. The van der Waals surface area contributed by atoms with Crippen molar-refractivity contribution < 1.29 is 9.53 Å². The molecule has 2 aromatic heterocycles. The summed E-state index contributed by atoms with van der Waals surface area (Å²) in [5.41, 5.74) is -1.05. The monoisotopic (exact) mass is 298 g/mol. The molecule has 0 aliphatic carbocycles. The van der Waals surface area contributed by atoms with Crippen LogP contribution >= 0.6 is 0 Å². The first-order chi connectivity index (χ1) is 10.3. The standard InChI is InChI=1S/C16H18N4O2/c1-15(2,3)22-14(21)16(4,12-6-5-8-18-12)13-19-9-7-11(10-17)20-13/h5-9,18H,1-4H3. The smallest absolute Gasteiger partial charge is 0.326 e. The van der Waals surface area contributed by atoms with Crippen molar-refractivity contribution in [1.29, 1.82) is 5.26 Å². The lowest BCUT2D eigenvalue weighted by atomic mass is 9.85. The van der Waals surface area contributed by atoms with Gasteiger partial charge in [-0.25, -0.2) is 9.97 Å². The highest BCUT2D eigenvalue weighted by molar-refractivity contribution is 5.85. The lowest BCUT2D eigenvalue weighted by Crippen LogP contribution is -2.41. The van der Waals surface area contributed by atoms with Gasteiger partial charge in [-0.05, 0) is 45.9 Å². The summed E-state index contributed by atoms with van der Waals surface area (Å²) in [7, 11) is 0. The number of carbonyl (C=O) groups excluding carboxylic acids is 1. The first kappa shape index (κ1) is 15.7. The van der Waals surface area contributed by atoms with Crippen molar-refractivity contribution in [3.05, 3.63) is 47.8 Å². The number of H-pyrrole nitrogens is 1. The maximum absolute atomic E-state index is 12.8. The highest BCUT2D eigenvalue weighted by Gasteiger charge is 2.44. The van der Waals surface area contributed by atoms with Crippen LogP contribution in [0, 0.1) is 11.3 Å². The number of hydrogen-bond acceptors (Lipinski definition) is 5. The lowest BCUT2D eigenvalue weighted by molar-refractivity contribution is -0.160. The lowest BCUT2D eigenvalue weighted by Gasteiger charge is -2.29. The van der Waals surface area contributed by atoms with Crippen molar-refractivity contribution in [2.75, 3.05) is 0 Å². The van der Waals surface area contributed by atoms with Crippen molar-refractivity contribution in [3.63, 3.8) is 0 Å². The fraction of sp³-hybridized carbons (Fsp3) is 0.375. The van der Waals surface area contributed by atoms with Gasteiger partial charge >= 0.3 is 5.97 Å². The highest BCUT2D eigenvalue weighted by atomic mass is 16.6. The highest BCUT2D eigenvalue weighted by Crippen LogP contribution is 2.31. The Bertz CT molecular complexity index is 710. The van der Waals surface area contributed by atoms with E-state index in [1.54, 1.807) is 46.0 Å². The number of ether oxygens (including phenoxy) is 1. The van der Waals surface area contributed by atoms with Crippen molar-refractivity contribution in [2.45, 2.75) is 38.7 Å². The zero-order valence-corrected chi connectivity index (χ0v) is 13.0. The number of rotatable bonds is 3. The van der Waals surface area contributed by atoms with E-state index in [4.69, 9.17) is 10.00 Å². The molecular formula is C16H18N4O2. The van der Waals surface area contributed by atoms with E-state index in [2.05, 4.69) is 15.0 Å². The fourth-order valence-corrected chi connectivity index (χ4v) is 2.01. The molecule has 0 aromatic carbocycles. The van der Waals surface area contributed by atoms with Crippen LogP contribution in [0.1, 0.15) is 44.9 Å². The van der Waals surface area contributed by atoms with Crippen molar-refractivity contribution in [2.24, 2.45) is 0 Å². The number of nitrogens with one attached hydrogen (secondary N) is 1. The Morgan fingerprint density at radius 1 is 1.32 bits per heavy atom.